The molecule has 160 valence electrons. The minimum Gasteiger partial charge on any atom is -0.367 e. The van der Waals surface area contributed by atoms with E-state index >= 15 is 0 Å². The molecule has 0 unspecified atom stereocenters. The monoisotopic (exact) mass is 426 g/mol. The third-order valence-electron chi connectivity index (χ3n) is 5.14. The normalized spacial score (nSPS) is 14.4. The van der Waals surface area contributed by atoms with Crippen LogP contribution < -0.4 is 15.5 Å². The van der Waals surface area contributed by atoms with Crippen molar-refractivity contribution in [2.24, 2.45) is 0 Å². The molecule has 0 aromatic heterocycles. The Morgan fingerprint density at radius 1 is 0.900 bits per heavy atom. The summed E-state index contributed by atoms with van der Waals surface area (Å²) in [5.41, 5.74) is 3.81. The molecule has 2 aromatic rings. The number of benzene rings is 2. The molecule has 1 saturated heterocycles. The molecule has 0 radical (unpaired) electrons. The Hall–Kier alpha value is -2.51. The lowest BCUT2D eigenvalue weighted by Crippen LogP contribution is -2.46. The van der Waals surface area contributed by atoms with Crippen molar-refractivity contribution in [2.45, 2.75) is 13.8 Å². The number of carbonyl (C=O) groups is 2. The lowest BCUT2D eigenvalue weighted by molar-refractivity contribution is -0.114. The smallest absolute Gasteiger partial charge is 0.234 e. The van der Waals surface area contributed by atoms with Crippen LogP contribution in [0.3, 0.4) is 0 Å². The van der Waals surface area contributed by atoms with Crippen LogP contribution in [0.5, 0.6) is 0 Å². The molecule has 1 aliphatic rings. The second-order valence-electron chi connectivity index (χ2n) is 7.39. The maximum atomic E-state index is 12.4. The summed E-state index contributed by atoms with van der Waals surface area (Å²) in [6.45, 7) is 9.23. The first-order valence-electron chi connectivity index (χ1n) is 10.4. The maximum Gasteiger partial charge on any atom is 0.234 e. The number of likely N-dealkylation sites (N-methyl/N-ethyl adjacent to an activating group) is 1. The van der Waals surface area contributed by atoms with E-state index in [2.05, 4.69) is 33.4 Å². The Labute approximate surface area is 183 Å². The van der Waals surface area contributed by atoms with Gasteiger partial charge in [0.05, 0.1) is 22.9 Å². The molecule has 2 aromatic carbocycles. The Kier molecular flexibility index (Phi) is 8.16. The average Bonchev–Trinajstić information content (AvgIpc) is 2.76. The van der Waals surface area contributed by atoms with Crippen LogP contribution in [-0.4, -0.2) is 60.9 Å². The van der Waals surface area contributed by atoms with Gasteiger partial charge in [-0.25, -0.2) is 0 Å². The van der Waals surface area contributed by atoms with Gasteiger partial charge in [0, 0.05) is 31.9 Å². The second kappa shape index (κ2) is 11.0. The number of rotatable bonds is 8. The molecule has 1 fully saturated rings. The van der Waals surface area contributed by atoms with Crippen LogP contribution in [0.4, 0.5) is 17.1 Å². The second-order valence-corrected chi connectivity index (χ2v) is 8.38. The molecular formula is C23H30N4O2S. The van der Waals surface area contributed by atoms with Crippen molar-refractivity contribution >= 4 is 40.6 Å². The Balaban J connectivity index is 1.46. The molecule has 3 rings (SSSR count). The fourth-order valence-electron chi connectivity index (χ4n) is 3.42. The lowest BCUT2D eigenvalue weighted by Gasteiger charge is -2.36. The summed E-state index contributed by atoms with van der Waals surface area (Å²) >= 11 is 1.31. The zero-order valence-electron chi connectivity index (χ0n) is 17.7. The number of hydrogen-bond donors (Lipinski definition) is 2. The van der Waals surface area contributed by atoms with Gasteiger partial charge in [-0.15, -0.1) is 11.8 Å². The number of hydrogen-bond acceptors (Lipinski definition) is 5. The Bertz CT molecular complexity index is 849. The predicted molar refractivity (Wildman–Crippen MR) is 127 cm³/mol. The molecule has 0 spiro atoms. The van der Waals surface area contributed by atoms with Crippen molar-refractivity contribution in [3.05, 3.63) is 54.1 Å². The number of para-hydroxylation sites is 2. The molecule has 2 N–H and O–H groups in total. The largest absolute Gasteiger partial charge is 0.367 e. The van der Waals surface area contributed by atoms with Gasteiger partial charge in [0.2, 0.25) is 11.8 Å². The molecule has 0 saturated carbocycles. The van der Waals surface area contributed by atoms with Crippen LogP contribution in [0.1, 0.15) is 12.5 Å². The lowest BCUT2D eigenvalue weighted by atomic mass is 10.2. The summed E-state index contributed by atoms with van der Waals surface area (Å²) in [5, 5.41) is 5.87. The van der Waals surface area contributed by atoms with Crippen molar-refractivity contribution < 1.29 is 9.59 Å². The topological polar surface area (TPSA) is 64.7 Å². The molecule has 2 amide bonds. The number of thioether (sulfide) groups is 1. The van der Waals surface area contributed by atoms with Crippen molar-refractivity contribution in [3.8, 4) is 0 Å². The summed E-state index contributed by atoms with van der Waals surface area (Å²) in [7, 11) is 0. The molecular weight excluding hydrogens is 396 g/mol. The average molecular weight is 427 g/mol. The summed E-state index contributed by atoms with van der Waals surface area (Å²) < 4.78 is 0. The van der Waals surface area contributed by atoms with Crippen molar-refractivity contribution in [2.75, 3.05) is 59.8 Å². The van der Waals surface area contributed by atoms with E-state index in [-0.39, 0.29) is 23.3 Å². The van der Waals surface area contributed by atoms with Gasteiger partial charge >= 0.3 is 0 Å². The van der Waals surface area contributed by atoms with E-state index in [4.69, 9.17) is 0 Å². The number of aryl methyl sites for hydroxylation is 1. The van der Waals surface area contributed by atoms with E-state index in [9.17, 15) is 9.59 Å². The third-order valence-corrected chi connectivity index (χ3v) is 6.07. The van der Waals surface area contributed by atoms with Crippen LogP contribution in [0, 0.1) is 6.92 Å². The van der Waals surface area contributed by atoms with E-state index in [0.717, 1.165) is 55.3 Å². The zero-order chi connectivity index (χ0) is 21.3. The molecule has 30 heavy (non-hydrogen) atoms. The van der Waals surface area contributed by atoms with Gasteiger partial charge in [-0.1, -0.05) is 36.8 Å². The first-order chi connectivity index (χ1) is 14.5. The Morgan fingerprint density at radius 3 is 2.20 bits per heavy atom. The molecule has 1 heterocycles. The third kappa shape index (κ3) is 6.50. The van der Waals surface area contributed by atoms with E-state index in [1.165, 1.54) is 11.8 Å². The minimum atomic E-state index is -0.106. The van der Waals surface area contributed by atoms with Gasteiger partial charge in [0.15, 0.2) is 0 Å². The van der Waals surface area contributed by atoms with Crippen LogP contribution in [0.15, 0.2) is 48.5 Å². The summed E-state index contributed by atoms with van der Waals surface area (Å²) in [5.74, 6) is 0.273. The molecule has 1 aliphatic heterocycles. The van der Waals surface area contributed by atoms with Crippen LogP contribution in [0.2, 0.25) is 0 Å². The Morgan fingerprint density at radius 2 is 1.53 bits per heavy atom. The molecule has 0 aliphatic carbocycles. The van der Waals surface area contributed by atoms with Crippen molar-refractivity contribution in [1.29, 1.82) is 0 Å². The van der Waals surface area contributed by atoms with Crippen LogP contribution in [-0.2, 0) is 9.59 Å². The van der Waals surface area contributed by atoms with Gasteiger partial charge in [0.25, 0.3) is 0 Å². The van der Waals surface area contributed by atoms with Crippen LogP contribution in [0.25, 0.3) is 0 Å². The number of nitrogens with zero attached hydrogens (tertiary/aromatic N) is 2. The SMILES string of the molecule is CCN1CCN(c2ccccc2NC(=O)CSCC(=O)Nc2ccc(C)cc2)CC1. The predicted octanol–water partition coefficient (Wildman–Crippen LogP) is 3.45. The first kappa shape index (κ1) is 22.2. The summed E-state index contributed by atoms with van der Waals surface area (Å²) in [4.78, 5) is 29.3. The van der Waals surface area contributed by atoms with Gasteiger partial charge in [-0.05, 0) is 37.7 Å². The highest BCUT2D eigenvalue weighted by atomic mass is 32.2. The van der Waals surface area contributed by atoms with Crippen molar-refractivity contribution in [3.63, 3.8) is 0 Å². The number of carbonyl (C=O) groups excluding carboxylic acids is 2. The number of amides is 2. The van der Waals surface area contributed by atoms with Gasteiger partial charge in [-0.3, -0.25) is 9.59 Å². The highest BCUT2D eigenvalue weighted by molar-refractivity contribution is 8.00. The highest BCUT2D eigenvalue weighted by Gasteiger charge is 2.18. The van der Waals surface area contributed by atoms with Gasteiger partial charge in [-0.2, -0.15) is 0 Å². The quantitative estimate of drug-likeness (QED) is 0.677. The molecule has 0 atom stereocenters. The molecule has 6 nitrogen and oxygen atoms in total. The van der Waals surface area contributed by atoms with Crippen LogP contribution >= 0.6 is 11.8 Å². The molecule has 0 bridgehead atoms. The van der Waals surface area contributed by atoms with E-state index in [1.54, 1.807) is 0 Å². The molecule has 7 heteroatoms. The van der Waals surface area contributed by atoms with Gasteiger partial charge < -0.3 is 20.4 Å². The first-order valence-corrected chi connectivity index (χ1v) is 11.5. The minimum absolute atomic E-state index is 0.0946. The van der Waals surface area contributed by atoms with E-state index in [0.29, 0.717) is 0 Å². The maximum absolute atomic E-state index is 12.4. The number of nitrogens with one attached hydrogen (secondary N) is 2. The summed E-state index contributed by atoms with van der Waals surface area (Å²) in [6, 6.07) is 15.6. The van der Waals surface area contributed by atoms with Gasteiger partial charge in [0.1, 0.15) is 0 Å². The summed E-state index contributed by atoms with van der Waals surface area (Å²) in [6.07, 6.45) is 0. The number of piperazine rings is 1. The van der Waals surface area contributed by atoms with E-state index in [1.807, 2.05) is 49.4 Å². The fourth-order valence-corrected chi connectivity index (χ4v) is 4.03. The number of anilines is 3. The standard InChI is InChI=1S/C23H30N4O2S/c1-3-26-12-14-27(15-13-26)21-7-5-4-6-20(21)25-23(29)17-30-16-22(28)24-19-10-8-18(2)9-11-19/h4-11H,3,12-17H2,1-2H3,(H,24,28)(H,25,29). The zero-order valence-corrected chi connectivity index (χ0v) is 18.5. The van der Waals surface area contributed by atoms with Crippen molar-refractivity contribution in [1.82, 2.24) is 4.90 Å². The van der Waals surface area contributed by atoms with E-state index < -0.39 is 0 Å². The highest BCUT2D eigenvalue weighted by Crippen LogP contribution is 2.26. The fraction of sp³-hybridized carbons (Fsp3) is 0.391.